The molecule has 0 radical (unpaired) electrons. The van der Waals surface area contributed by atoms with Gasteiger partial charge in [-0.15, -0.1) is 11.8 Å². The average molecular weight is 317 g/mol. The normalized spacial score (nSPS) is 10.9. The zero-order valence-corrected chi connectivity index (χ0v) is 14.8. The molecule has 0 atom stereocenters. The Morgan fingerprint density at radius 1 is 1.09 bits per heavy atom. The van der Waals surface area contributed by atoms with Crippen LogP contribution in [0.4, 0.5) is 0 Å². The molecule has 0 spiro atoms. The monoisotopic (exact) mass is 317 g/mol. The van der Waals surface area contributed by atoms with Crippen LogP contribution in [0.2, 0.25) is 0 Å². The molecule has 0 aliphatic heterocycles. The molecule has 0 aliphatic carbocycles. The lowest BCUT2D eigenvalue weighted by atomic mass is 10.2. The van der Waals surface area contributed by atoms with Gasteiger partial charge in [0.05, 0.1) is 5.69 Å². The number of thioether (sulfide) groups is 1. The highest BCUT2D eigenvalue weighted by Crippen LogP contribution is 2.30. The fourth-order valence-corrected chi connectivity index (χ4v) is 3.49. The first-order valence-electron chi connectivity index (χ1n) is 8.27. The summed E-state index contributed by atoms with van der Waals surface area (Å²) in [6.45, 7) is 7.28. The zero-order valence-electron chi connectivity index (χ0n) is 14.0. The predicted molar refractivity (Wildman–Crippen MR) is 95.5 cm³/mol. The number of aryl methyl sites for hydroxylation is 1. The molecule has 2 aromatic rings. The van der Waals surface area contributed by atoms with E-state index in [1.807, 2.05) is 22.6 Å². The van der Waals surface area contributed by atoms with Crippen LogP contribution in [0.3, 0.4) is 0 Å². The SMILES string of the molecule is CCCCc1c(SCCC)c(C)cn1OCc1ccccc1. The molecule has 0 aliphatic rings. The number of hydrogen-bond acceptors (Lipinski definition) is 2. The van der Waals surface area contributed by atoms with Crippen LogP contribution in [0.25, 0.3) is 0 Å². The molecular formula is C19H27NOS. The lowest BCUT2D eigenvalue weighted by Crippen LogP contribution is -2.13. The van der Waals surface area contributed by atoms with Crippen molar-refractivity contribution in [2.45, 2.75) is 58.0 Å². The molecule has 1 aromatic heterocycles. The maximum Gasteiger partial charge on any atom is 0.140 e. The van der Waals surface area contributed by atoms with Gasteiger partial charge in [0.1, 0.15) is 6.61 Å². The molecule has 3 heteroatoms. The topological polar surface area (TPSA) is 14.2 Å². The first kappa shape index (κ1) is 17.0. The number of aromatic nitrogens is 1. The average Bonchev–Trinajstić information content (AvgIpc) is 2.85. The highest BCUT2D eigenvalue weighted by molar-refractivity contribution is 7.99. The number of unbranched alkanes of at least 4 members (excludes halogenated alkanes) is 1. The summed E-state index contributed by atoms with van der Waals surface area (Å²) in [5.41, 5.74) is 3.88. The number of rotatable bonds is 9. The summed E-state index contributed by atoms with van der Waals surface area (Å²) in [5.74, 6) is 1.17. The molecule has 0 bridgehead atoms. The molecule has 2 rings (SSSR count). The van der Waals surface area contributed by atoms with Crippen LogP contribution in [0, 0.1) is 6.92 Å². The highest BCUT2D eigenvalue weighted by Gasteiger charge is 2.14. The third-order valence-electron chi connectivity index (χ3n) is 3.63. The maximum atomic E-state index is 6.07. The molecule has 0 saturated carbocycles. The second kappa shape index (κ2) is 8.94. The molecule has 1 heterocycles. The van der Waals surface area contributed by atoms with E-state index in [1.165, 1.54) is 46.7 Å². The largest absolute Gasteiger partial charge is 0.409 e. The van der Waals surface area contributed by atoms with E-state index in [0.717, 1.165) is 6.42 Å². The van der Waals surface area contributed by atoms with Crippen LogP contribution in [0.5, 0.6) is 0 Å². The second-order valence-electron chi connectivity index (χ2n) is 5.62. The van der Waals surface area contributed by atoms with Crippen LogP contribution in [-0.2, 0) is 13.0 Å². The summed E-state index contributed by atoms with van der Waals surface area (Å²) in [4.78, 5) is 7.48. The van der Waals surface area contributed by atoms with Gasteiger partial charge >= 0.3 is 0 Å². The second-order valence-corrected chi connectivity index (χ2v) is 6.73. The fraction of sp³-hybridized carbons (Fsp3) is 0.474. The van der Waals surface area contributed by atoms with Crippen LogP contribution in [0.15, 0.2) is 41.4 Å². The van der Waals surface area contributed by atoms with Crippen molar-refractivity contribution in [1.29, 1.82) is 0 Å². The van der Waals surface area contributed by atoms with Crippen molar-refractivity contribution >= 4 is 11.8 Å². The van der Waals surface area contributed by atoms with Gasteiger partial charge in [0.15, 0.2) is 0 Å². The van der Waals surface area contributed by atoms with Crippen molar-refractivity contribution in [2.75, 3.05) is 5.75 Å². The van der Waals surface area contributed by atoms with Crippen molar-refractivity contribution in [3.05, 3.63) is 53.3 Å². The van der Waals surface area contributed by atoms with E-state index in [-0.39, 0.29) is 0 Å². The number of benzene rings is 1. The summed E-state index contributed by atoms with van der Waals surface area (Å²) in [6, 6.07) is 10.4. The maximum absolute atomic E-state index is 6.07. The van der Waals surface area contributed by atoms with Gasteiger partial charge in [0, 0.05) is 11.1 Å². The van der Waals surface area contributed by atoms with E-state index in [9.17, 15) is 0 Å². The smallest absolute Gasteiger partial charge is 0.140 e. The van der Waals surface area contributed by atoms with Crippen molar-refractivity contribution < 1.29 is 4.84 Å². The quantitative estimate of drug-likeness (QED) is 0.585. The highest BCUT2D eigenvalue weighted by atomic mass is 32.2. The van der Waals surface area contributed by atoms with Crippen LogP contribution in [-0.4, -0.2) is 10.5 Å². The number of hydrogen-bond donors (Lipinski definition) is 0. The van der Waals surface area contributed by atoms with Gasteiger partial charge in [-0.1, -0.05) is 50.6 Å². The van der Waals surface area contributed by atoms with Crippen LogP contribution >= 0.6 is 11.8 Å². The molecule has 1 aromatic carbocycles. The summed E-state index contributed by atoms with van der Waals surface area (Å²) in [5, 5.41) is 0. The van der Waals surface area contributed by atoms with Gasteiger partial charge in [-0.25, -0.2) is 0 Å². The minimum atomic E-state index is 0.617. The Morgan fingerprint density at radius 2 is 1.86 bits per heavy atom. The molecule has 0 amide bonds. The Labute approximate surface area is 138 Å². The first-order chi connectivity index (χ1) is 10.8. The Morgan fingerprint density at radius 3 is 2.55 bits per heavy atom. The minimum absolute atomic E-state index is 0.617. The predicted octanol–water partition coefficient (Wildman–Crippen LogP) is 5.27. The minimum Gasteiger partial charge on any atom is -0.409 e. The number of nitrogens with zero attached hydrogens (tertiary/aromatic N) is 1. The summed E-state index contributed by atoms with van der Waals surface area (Å²) in [6.07, 6.45) is 6.85. The summed E-state index contributed by atoms with van der Waals surface area (Å²) < 4.78 is 2.01. The van der Waals surface area contributed by atoms with Crippen LogP contribution in [0.1, 0.15) is 49.9 Å². The van der Waals surface area contributed by atoms with E-state index in [4.69, 9.17) is 4.84 Å². The van der Waals surface area contributed by atoms with E-state index < -0.39 is 0 Å². The Bertz CT molecular complexity index is 562. The van der Waals surface area contributed by atoms with Crippen molar-refractivity contribution in [3.63, 3.8) is 0 Å². The van der Waals surface area contributed by atoms with Crippen LogP contribution < -0.4 is 4.84 Å². The molecule has 0 fully saturated rings. The van der Waals surface area contributed by atoms with Gasteiger partial charge < -0.3 is 4.84 Å². The molecule has 0 N–H and O–H groups in total. The third-order valence-corrected chi connectivity index (χ3v) is 5.09. The van der Waals surface area contributed by atoms with Crippen molar-refractivity contribution in [3.8, 4) is 0 Å². The molecule has 120 valence electrons. The molecule has 0 unspecified atom stereocenters. The standard InChI is InChI=1S/C19H27NOS/c1-4-6-12-18-19(22-13-5-2)16(3)14-20(18)21-15-17-10-8-7-9-11-17/h7-11,14H,4-6,12-13,15H2,1-3H3. The van der Waals surface area contributed by atoms with Gasteiger partial charge in [0.25, 0.3) is 0 Å². The van der Waals surface area contributed by atoms with E-state index in [1.54, 1.807) is 0 Å². The Kier molecular flexibility index (Phi) is 6.91. The summed E-state index contributed by atoms with van der Waals surface area (Å²) in [7, 11) is 0. The Balaban J connectivity index is 2.14. The van der Waals surface area contributed by atoms with Gasteiger partial charge in [-0.2, -0.15) is 4.73 Å². The van der Waals surface area contributed by atoms with Gasteiger partial charge in [0.2, 0.25) is 0 Å². The Hall–Kier alpha value is -1.35. The zero-order chi connectivity index (χ0) is 15.8. The van der Waals surface area contributed by atoms with Crippen molar-refractivity contribution in [1.82, 2.24) is 4.73 Å². The van der Waals surface area contributed by atoms with E-state index in [2.05, 4.69) is 51.2 Å². The van der Waals surface area contributed by atoms with Crippen molar-refractivity contribution in [2.24, 2.45) is 0 Å². The first-order valence-corrected chi connectivity index (χ1v) is 9.25. The van der Waals surface area contributed by atoms with Gasteiger partial charge in [-0.05, 0) is 43.1 Å². The lowest BCUT2D eigenvalue weighted by Gasteiger charge is -2.12. The lowest BCUT2D eigenvalue weighted by molar-refractivity contribution is 0.0906. The molecule has 22 heavy (non-hydrogen) atoms. The fourth-order valence-electron chi connectivity index (χ4n) is 2.44. The molecule has 2 nitrogen and oxygen atoms in total. The van der Waals surface area contributed by atoms with E-state index in [0.29, 0.717) is 6.61 Å². The van der Waals surface area contributed by atoms with E-state index >= 15 is 0 Å². The molecule has 0 saturated heterocycles. The molecular weight excluding hydrogens is 290 g/mol. The summed E-state index contributed by atoms with van der Waals surface area (Å²) >= 11 is 1.97. The van der Waals surface area contributed by atoms with Gasteiger partial charge in [-0.3, -0.25) is 0 Å². The third kappa shape index (κ3) is 4.57.